The Morgan fingerprint density at radius 1 is 0.880 bits per heavy atom. The molecule has 138 valence electrons. The highest BCUT2D eigenvalue weighted by Gasteiger charge is 2.35. The molecule has 1 aliphatic carbocycles. The second kappa shape index (κ2) is 11.3. The maximum Gasteiger partial charge on any atom is 0.234 e. The number of nitrogens with zero attached hydrogens (tertiary/aromatic N) is 3. The molecule has 0 aliphatic heterocycles. The smallest absolute Gasteiger partial charge is 0.234 e. The molecule has 0 atom stereocenters. The SMILES string of the molecule is CCCCCCCCCCC1=C(N=[N+]=[N-])C(=O)C(OC)=C(OC)C1=O. The molecule has 0 saturated carbocycles. The highest BCUT2D eigenvalue weighted by molar-refractivity contribution is 6.23. The summed E-state index contributed by atoms with van der Waals surface area (Å²) in [6.07, 6.45) is 9.35. The summed E-state index contributed by atoms with van der Waals surface area (Å²) >= 11 is 0. The minimum absolute atomic E-state index is 0.126. The second-order valence-electron chi connectivity index (χ2n) is 5.97. The van der Waals surface area contributed by atoms with Crippen LogP contribution < -0.4 is 0 Å². The zero-order valence-electron chi connectivity index (χ0n) is 15.3. The number of carbonyl (C=O) groups excluding carboxylic acids is 2. The first-order valence-corrected chi connectivity index (χ1v) is 8.82. The Balaban J connectivity index is 2.71. The van der Waals surface area contributed by atoms with Crippen molar-refractivity contribution < 1.29 is 19.1 Å². The first-order valence-electron chi connectivity index (χ1n) is 8.82. The molecule has 0 saturated heterocycles. The monoisotopic (exact) mass is 349 g/mol. The number of rotatable bonds is 12. The first kappa shape index (κ1) is 20.8. The van der Waals surface area contributed by atoms with Crippen molar-refractivity contribution in [3.8, 4) is 0 Å². The van der Waals surface area contributed by atoms with E-state index < -0.39 is 11.6 Å². The van der Waals surface area contributed by atoms with Crippen molar-refractivity contribution >= 4 is 11.6 Å². The van der Waals surface area contributed by atoms with Crippen molar-refractivity contribution in [2.45, 2.75) is 64.7 Å². The number of methoxy groups -OCH3 is 2. The van der Waals surface area contributed by atoms with Gasteiger partial charge in [0, 0.05) is 10.5 Å². The molecule has 0 radical (unpaired) electrons. The lowest BCUT2D eigenvalue weighted by atomic mass is 9.92. The summed E-state index contributed by atoms with van der Waals surface area (Å²) in [6, 6.07) is 0. The summed E-state index contributed by atoms with van der Waals surface area (Å²) in [7, 11) is 2.59. The fraction of sp³-hybridized carbons (Fsp3) is 0.667. The van der Waals surface area contributed by atoms with Gasteiger partial charge in [-0.15, -0.1) is 0 Å². The van der Waals surface area contributed by atoms with E-state index in [9.17, 15) is 9.59 Å². The molecule has 0 aromatic heterocycles. The van der Waals surface area contributed by atoms with Crippen molar-refractivity contribution in [2.24, 2.45) is 5.11 Å². The van der Waals surface area contributed by atoms with Crippen molar-refractivity contribution in [3.05, 3.63) is 33.2 Å². The van der Waals surface area contributed by atoms with E-state index >= 15 is 0 Å². The third-order valence-corrected chi connectivity index (χ3v) is 4.23. The average molecular weight is 349 g/mol. The molecule has 0 fully saturated rings. The van der Waals surface area contributed by atoms with E-state index in [0.29, 0.717) is 6.42 Å². The van der Waals surface area contributed by atoms with Gasteiger partial charge < -0.3 is 9.47 Å². The molecule has 25 heavy (non-hydrogen) atoms. The van der Waals surface area contributed by atoms with Crippen LogP contribution in [0.2, 0.25) is 0 Å². The quantitative estimate of drug-likeness (QED) is 0.167. The van der Waals surface area contributed by atoms with E-state index in [0.717, 1.165) is 19.3 Å². The van der Waals surface area contributed by atoms with E-state index in [4.69, 9.17) is 15.0 Å². The predicted octanol–water partition coefficient (Wildman–Crippen LogP) is 4.74. The van der Waals surface area contributed by atoms with E-state index in [-0.39, 0.29) is 22.8 Å². The lowest BCUT2D eigenvalue weighted by Crippen LogP contribution is -2.25. The maximum atomic E-state index is 12.5. The predicted molar refractivity (Wildman–Crippen MR) is 94.5 cm³/mol. The number of ketones is 2. The number of unbranched alkanes of at least 4 members (excludes halogenated alkanes) is 7. The number of hydrogen-bond donors (Lipinski definition) is 0. The molecule has 0 spiro atoms. The summed E-state index contributed by atoms with van der Waals surface area (Å²) < 4.78 is 9.99. The molecular weight excluding hydrogens is 322 g/mol. The Bertz CT molecular complexity index is 601. The van der Waals surface area contributed by atoms with Gasteiger partial charge in [-0.3, -0.25) is 9.59 Å². The number of carbonyl (C=O) groups is 2. The highest BCUT2D eigenvalue weighted by Crippen LogP contribution is 2.30. The van der Waals surface area contributed by atoms with Gasteiger partial charge in [0.15, 0.2) is 0 Å². The van der Waals surface area contributed by atoms with Crippen LogP contribution in [0, 0.1) is 0 Å². The minimum atomic E-state index is -0.605. The van der Waals surface area contributed by atoms with Gasteiger partial charge in [0.25, 0.3) is 0 Å². The molecule has 0 heterocycles. The zero-order valence-corrected chi connectivity index (χ0v) is 15.3. The topological polar surface area (TPSA) is 101 Å². The van der Waals surface area contributed by atoms with Crippen molar-refractivity contribution in [1.82, 2.24) is 0 Å². The fourth-order valence-corrected chi connectivity index (χ4v) is 2.88. The summed E-state index contributed by atoms with van der Waals surface area (Å²) in [4.78, 5) is 27.6. The van der Waals surface area contributed by atoms with Crippen LogP contribution in [0.4, 0.5) is 0 Å². The number of allylic oxidation sites excluding steroid dienone is 1. The van der Waals surface area contributed by atoms with Gasteiger partial charge in [-0.05, 0) is 18.4 Å². The van der Waals surface area contributed by atoms with Crippen LogP contribution >= 0.6 is 0 Å². The normalized spacial score (nSPS) is 14.7. The molecule has 0 aromatic rings. The largest absolute Gasteiger partial charge is 0.489 e. The molecular formula is C18H27N3O4. The third-order valence-electron chi connectivity index (χ3n) is 4.23. The Morgan fingerprint density at radius 2 is 1.40 bits per heavy atom. The maximum absolute atomic E-state index is 12.5. The number of hydrogen-bond acceptors (Lipinski definition) is 5. The summed E-state index contributed by atoms with van der Waals surface area (Å²) in [5.41, 5.74) is 8.75. The Kier molecular flexibility index (Phi) is 9.40. The number of Topliss-reactive ketones (excluding diaryl/α,β-unsaturated/α-hetero) is 2. The van der Waals surface area contributed by atoms with Crippen LogP contribution in [0.3, 0.4) is 0 Å². The van der Waals surface area contributed by atoms with E-state index in [1.807, 2.05) is 0 Å². The van der Waals surface area contributed by atoms with Crippen LogP contribution in [0.15, 0.2) is 27.9 Å². The van der Waals surface area contributed by atoms with E-state index in [1.165, 1.54) is 46.3 Å². The Hall–Kier alpha value is -2.27. The van der Waals surface area contributed by atoms with Gasteiger partial charge in [-0.1, -0.05) is 57.0 Å². The van der Waals surface area contributed by atoms with Crippen molar-refractivity contribution in [1.29, 1.82) is 0 Å². The van der Waals surface area contributed by atoms with Crippen molar-refractivity contribution in [3.63, 3.8) is 0 Å². The molecule has 1 aliphatic rings. The number of ether oxygens (including phenoxy) is 2. The van der Waals surface area contributed by atoms with Gasteiger partial charge in [-0.2, -0.15) is 0 Å². The molecule has 7 heteroatoms. The first-order chi connectivity index (χ1) is 12.1. The van der Waals surface area contributed by atoms with Crippen molar-refractivity contribution in [2.75, 3.05) is 14.2 Å². The van der Waals surface area contributed by atoms with Gasteiger partial charge in [0.05, 0.1) is 19.9 Å². The van der Waals surface area contributed by atoms with Gasteiger partial charge in [-0.25, -0.2) is 0 Å². The minimum Gasteiger partial charge on any atom is -0.489 e. The lowest BCUT2D eigenvalue weighted by Gasteiger charge is -2.19. The van der Waals surface area contributed by atoms with E-state index in [1.54, 1.807) is 0 Å². The van der Waals surface area contributed by atoms with Gasteiger partial charge in [0.1, 0.15) is 0 Å². The van der Waals surface area contributed by atoms with Crippen LogP contribution in [-0.4, -0.2) is 25.8 Å². The van der Waals surface area contributed by atoms with Crippen LogP contribution in [0.25, 0.3) is 10.4 Å². The molecule has 0 N–H and O–H groups in total. The molecule has 0 unspecified atom stereocenters. The summed E-state index contributed by atoms with van der Waals surface area (Å²) in [6.45, 7) is 2.19. The van der Waals surface area contributed by atoms with Gasteiger partial charge >= 0.3 is 0 Å². The molecule has 0 aromatic carbocycles. The van der Waals surface area contributed by atoms with Gasteiger partial charge in [0.2, 0.25) is 23.1 Å². The Morgan fingerprint density at radius 3 is 1.92 bits per heavy atom. The third kappa shape index (κ3) is 5.64. The molecule has 7 nitrogen and oxygen atoms in total. The molecule has 0 bridgehead atoms. The molecule has 1 rings (SSSR count). The number of azide groups is 1. The molecule has 0 amide bonds. The van der Waals surface area contributed by atoms with Crippen LogP contribution in [0.1, 0.15) is 64.7 Å². The fourth-order valence-electron chi connectivity index (χ4n) is 2.88. The highest BCUT2D eigenvalue weighted by atomic mass is 16.5. The lowest BCUT2D eigenvalue weighted by molar-refractivity contribution is -0.121. The summed E-state index contributed by atoms with van der Waals surface area (Å²) in [5, 5.41) is 3.43. The average Bonchev–Trinajstić information content (AvgIpc) is 2.61. The van der Waals surface area contributed by atoms with E-state index in [2.05, 4.69) is 16.9 Å². The Labute approximate surface area is 148 Å². The standard InChI is InChI=1S/C18H27N3O4/c1-4-5-6-7-8-9-10-11-12-13-14(20-21-19)16(23)18(25-3)17(24-2)15(13)22/h4-12H2,1-3H3. The summed E-state index contributed by atoms with van der Waals surface area (Å²) in [5.74, 6) is -1.39. The second-order valence-corrected chi connectivity index (χ2v) is 5.97. The van der Waals surface area contributed by atoms with Crippen LogP contribution in [-0.2, 0) is 19.1 Å². The van der Waals surface area contributed by atoms with Crippen LogP contribution in [0.5, 0.6) is 0 Å². The zero-order chi connectivity index (χ0) is 18.7.